The number of hydrogen-bond acceptors (Lipinski definition) is 1. The van der Waals surface area contributed by atoms with Gasteiger partial charge in [-0.25, -0.2) is 0 Å². The number of aromatic nitrogens is 1. The predicted octanol–water partition coefficient (Wildman–Crippen LogP) is 11.2. The van der Waals surface area contributed by atoms with E-state index in [-0.39, 0.29) is 5.41 Å². The summed E-state index contributed by atoms with van der Waals surface area (Å²) in [5, 5.41) is 2.68. The lowest BCUT2D eigenvalue weighted by atomic mass is 9.53. The Morgan fingerprint density at radius 1 is 0.523 bits per heavy atom. The molecule has 0 N–H and O–H groups in total. The van der Waals surface area contributed by atoms with E-state index in [1.807, 2.05) is 0 Å². The summed E-state index contributed by atoms with van der Waals surface area (Å²) in [4.78, 5) is 2.58. The second-order valence-corrected chi connectivity index (χ2v) is 12.9. The zero-order valence-electron chi connectivity index (χ0n) is 24.6. The van der Waals surface area contributed by atoms with E-state index in [0.717, 1.165) is 0 Å². The fraction of sp³-hybridized carbons (Fsp3) is 0.143. The molecule has 0 atom stereocenters. The maximum Gasteiger partial charge on any atom is 0.0562 e. The van der Waals surface area contributed by atoms with Gasteiger partial charge in [-0.2, -0.15) is 0 Å². The summed E-state index contributed by atoms with van der Waals surface area (Å²) in [6.45, 7) is 0. The van der Waals surface area contributed by atoms with Crippen LogP contribution in [-0.4, -0.2) is 4.57 Å². The van der Waals surface area contributed by atoms with E-state index in [9.17, 15) is 0 Å². The van der Waals surface area contributed by atoms with Gasteiger partial charge in [0.15, 0.2) is 0 Å². The second-order valence-electron chi connectivity index (χ2n) is 12.9. The summed E-state index contributed by atoms with van der Waals surface area (Å²) in [5.41, 5.74) is 14.9. The van der Waals surface area contributed by atoms with Crippen molar-refractivity contribution < 1.29 is 0 Å². The molecule has 44 heavy (non-hydrogen) atoms. The molecule has 2 heteroatoms. The van der Waals surface area contributed by atoms with Crippen LogP contribution < -0.4 is 4.90 Å². The Balaban J connectivity index is 1.32. The van der Waals surface area contributed by atoms with Crippen molar-refractivity contribution in [1.29, 1.82) is 0 Å². The topological polar surface area (TPSA) is 8.17 Å². The van der Waals surface area contributed by atoms with E-state index in [0.29, 0.717) is 5.92 Å². The molecule has 0 unspecified atom stereocenters. The van der Waals surface area contributed by atoms with Crippen molar-refractivity contribution in [2.45, 2.75) is 37.0 Å². The molecule has 7 aromatic rings. The van der Waals surface area contributed by atoms with Crippen molar-refractivity contribution in [1.82, 2.24) is 4.57 Å². The molecule has 210 valence electrons. The first kappa shape index (κ1) is 24.4. The van der Waals surface area contributed by atoms with Crippen LogP contribution in [0, 0.1) is 0 Å². The SMILES string of the molecule is c1ccc(-c2cccc(N3c4cc5c(cc4C46CCC(CC4)c4cccc3c46)c3ccccc3n5-c3ccccc3)c2)cc1. The molecule has 1 saturated carbocycles. The Kier molecular flexibility index (Phi) is 4.97. The Morgan fingerprint density at radius 3 is 2.07 bits per heavy atom. The van der Waals surface area contributed by atoms with Crippen molar-refractivity contribution in [3.63, 3.8) is 0 Å². The fourth-order valence-corrected chi connectivity index (χ4v) is 8.97. The van der Waals surface area contributed by atoms with Crippen LogP contribution in [0.4, 0.5) is 17.1 Å². The molecule has 1 spiro atoms. The lowest BCUT2D eigenvalue weighted by Gasteiger charge is -2.54. The number of para-hydroxylation sites is 2. The fourth-order valence-electron chi connectivity index (χ4n) is 8.97. The molecule has 2 heterocycles. The van der Waals surface area contributed by atoms with Crippen LogP contribution in [0.5, 0.6) is 0 Å². The normalized spacial score (nSPS) is 19.7. The van der Waals surface area contributed by atoms with Gasteiger partial charge in [-0.1, -0.05) is 91.0 Å². The first-order valence-electron chi connectivity index (χ1n) is 16.0. The summed E-state index contributed by atoms with van der Waals surface area (Å²) in [6.07, 6.45) is 5.03. The van der Waals surface area contributed by atoms with Gasteiger partial charge in [0, 0.05) is 27.6 Å². The van der Waals surface area contributed by atoms with Gasteiger partial charge in [0.25, 0.3) is 0 Å². The minimum Gasteiger partial charge on any atom is -0.310 e. The van der Waals surface area contributed by atoms with Crippen LogP contribution >= 0.6 is 0 Å². The van der Waals surface area contributed by atoms with Crippen molar-refractivity contribution >= 4 is 38.9 Å². The van der Waals surface area contributed by atoms with E-state index in [4.69, 9.17) is 0 Å². The number of hydrogen-bond donors (Lipinski definition) is 0. The van der Waals surface area contributed by atoms with Gasteiger partial charge in [-0.3, -0.25) is 0 Å². The average molecular weight is 565 g/mol. The largest absolute Gasteiger partial charge is 0.310 e. The molecule has 0 radical (unpaired) electrons. The summed E-state index contributed by atoms with van der Waals surface area (Å²) >= 11 is 0. The van der Waals surface area contributed by atoms with Gasteiger partial charge in [0.1, 0.15) is 0 Å². The number of nitrogens with zero attached hydrogens (tertiary/aromatic N) is 2. The third-order valence-corrected chi connectivity index (χ3v) is 10.8. The van der Waals surface area contributed by atoms with Crippen LogP contribution in [0.3, 0.4) is 0 Å². The lowest BCUT2D eigenvalue weighted by Crippen LogP contribution is -2.43. The molecule has 3 aliphatic carbocycles. The van der Waals surface area contributed by atoms with E-state index in [2.05, 4.69) is 149 Å². The van der Waals surface area contributed by atoms with E-state index in [1.54, 1.807) is 11.1 Å². The summed E-state index contributed by atoms with van der Waals surface area (Å²) < 4.78 is 2.46. The maximum absolute atomic E-state index is 2.59. The van der Waals surface area contributed by atoms with E-state index < -0.39 is 0 Å². The zero-order chi connectivity index (χ0) is 28.8. The standard InChI is InChI=1S/C42H32N2/c1-3-11-28(12-4-1)30-13-9-16-32(25-30)44-38-20-10-18-33-29-21-23-42(24-22-29,41(33)38)36-26-35-34-17-7-8-19-37(34)43(39(35)27-40(36)44)31-14-5-2-6-15-31/h1-20,25-27,29H,21-24H2. The first-order valence-corrected chi connectivity index (χ1v) is 16.0. The molecule has 4 aliphatic rings. The summed E-state index contributed by atoms with van der Waals surface area (Å²) in [6, 6.07) is 52.0. The Labute approximate surface area is 257 Å². The maximum atomic E-state index is 2.59. The first-order chi connectivity index (χ1) is 21.8. The number of fused-ring (bicyclic) bond motifs is 6. The van der Waals surface area contributed by atoms with Crippen molar-refractivity contribution in [3.05, 3.63) is 156 Å². The van der Waals surface area contributed by atoms with Crippen LogP contribution in [0.15, 0.2) is 140 Å². The average Bonchev–Trinajstić information content (AvgIpc) is 3.42. The Hall–Kier alpha value is -5.08. The smallest absolute Gasteiger partial charge is 0.0562 e. The molecule has 0 amide bonds. The zero-order valence-corrected chi connectivity index (χ0v) is 24.6. The van der Waals surface area contributed by atoms with Gasteiger partial charge in [-0.15, -0.1) is 0 Å². The molecule has 2 bridgehead atoms. The van der Waals surface area contributed by atoms with Crippen molar-refractivity contribution in [3.8, 4) is 16.8 Å². The molecule has 0 saturated heterocycles. The minimum absolute atomic E-state index is 0.0632. The third-order valence-electron chi connectivity index (χ3n) is 10.8. The molecule has 1 aromatic heterocycles. The van der Waals surface area contributed by atoms with Gasteiger partial charge in [0.2, 0.25) is 0 Å². The molecule has 1 fully saturated rings. The highest BCUT2D eigenvalue weighted by Gasteiger charge is 2.51. The molecule has 1 aliphatic heterocycles. The molecular weight excluding hydrogens is 532 g/mol. The third kappa shape index (κ3) is 3.20. The van der Waals surface area contributed by atoms with E-state index in [1.165, 1.54) is 86.9 Å². The molecule has 6 aromatic carbocycles. The Bertz CT molecular complexity index is 2230. The predicted molar refractivity (Wildman–Crippen MR) is 183 cm³/mol. The van der Waals surface area contributed by atoms with Crippen molar-refractivity contribution in [2.75, 3.05) is 4.90 Å². The monoisotopic (exact) mass is 564 g/mol. The summed E-state index contributed by atoms with van der Waals surface area (Å²) in [5.74, 6) is 0.676. The highest BCUT2D eigenvalue weighted by Crippen LogP contribution is 2.65. The van der Waals surface area contributed by atoms with Crippen LogP contribution in [-0.2, 0) is 5.41 Å². The van der Waals surface area contributed by atoms with Gasteiger partial charge >= 0.3 is 0 Å². The second kappa shape index (κ2) is 8.97. The number of anilines is 3. The van der Waals surface area contributed by atoms with Crippen LogP contribution in [0.2, 0.25) is 0 Å². The summed E-state index contributed by atoms with van der Waals surface area (Å²) in [7, 11) is 0. The van der Waals surface area contributed by atoms with Crippen molar-refractivity contribution in [2.24, 2.45) is 0 Å². The molecule has 11 rings (SSSR count). The Morgan fingerprint density at radius 2 is 1.23 bits per heavy atom. The highest BCUT2D eigenvalue weighted by molar-refractivity contribution is 6.11. The van der Waals surface area contributed by atoms with Gasteiger partial charge < -0.3 is 9.47 Å². The van der Waals surface area contributed by atoms with Crippen LogP contribution in [0.25, 0.3) is 38.6 Å². The van der Waals surface area contributed by atoms with E-state index >= 15 is 0 Å². The quantitative estimate of drug-likeness (QED) is 0.207. The number of rotatable bonds is 3. The highest BCUT2D eigenvalue weighted by atomic mass is 15.2. The molecule has 2 nitrogen and oxygen atoms in total. The van der Waals surface area contributed by atoms with Gasteiger partial charge in [-0.05, 0) is 108 Å². The minimum atomic E-state index is 0.0632. The molecular formula is C42H32N2. The number of benzene rings is 6. The van der Waals surface area contributed by atoms with Crippen LogP contribution in [0.1, 0.15) is 48.3 Å². The lowest BCUT2D eigenvalue weighted by molar-refractivity contribution is 0.278. The van der Waals surface area contributed by atoms with Gasteiger partial charge in [0.05, 0.1) is 22.4 Å².